The zero-order chi connectivity index (χ0) is 16.1. The van der Waals surface area contributed by atoms with Crippen LogP contribution in [0, 0.1) is 0 Å². The summed E-state index contributed by atoms with van der Waals surface area (Å²) < 4.78 is 7.74. The fraction of sp³-hybridized carbons (Fsp3) is 0.316. The molecule has 0 spiro atoms. The highest BCUT2D eigenvalue weighted by Gasteiger charge is 2.10. The first-order valence-corrected chi connectivity index (χ1v) is 8.06. The molecule has 2 aromatic carbocycles. The average molecular weight is 310 g/mol. The van der Waals surface area contributed by atoms with Crippen molar-refractivity contribution in [2.45, 2.75) is 32.4 Å². The van der Waals surface area contributed by atoms with E-state index in [-0.39, 0.29) is 6.61 Å². The summed E-state index contributed by atoms with van der Waals surface area (Å²) in [5, 5.41) is 12.5. The predicted octanol–water partition coefficient (Wildman–Crippen LogP) is 3.43. The van der Waals surface area contributed by atoms with Gasteiger partial charge in [0.25, 0.3) is 0 Å². The molecule has 23 heavy (non-hydrogen) atoms. The second kappa shape index (κ2) is 7.29. The molecule has 0 bridgehead atoms. The van der Waals surface area contributed by atoms with Gasteiger partial charge in [0.2, 0.25) is 0 Å². The number of fused-ring (bicyclic) bond motifs is 1. The van der Waals surface area contributed by atoms with Crippen LogP contribution in [-0.4, -0.2) is 27.4 Å². The van der Waals surface area contributed by atoms with Crippen LogP contribution in [0.25, 0.3) is 10.8 Å². The quantitative estimate of drug-likeness (QED) is 0.727. The minimum atomic E-state index is -0.564. The highest BCUT2D eigenvalue weighted by Crippen LogP contribution is 2.20. The molecule has 1 atom stereocenters. The van der Waals surface area contributed by atoms with Gasteiger partial charge in [0.15, 0.2) is 0 Å². The van der Waals surface area contributed by atoms with Crippen molar-refractivity contribution in [2.24, 2.45) is 0 Å². The van der Waals surface area contributed by atoms with Crippen LogP contribution >= 0.6 is 0 Å². The van der Waals surface area contributed by atoms with Gasteiger partial charge in [-0.05, 0) is 29.3 Å². The number of rotatable bonds is 7. The monoisotopic (exact) mass is 310 g/mol. The molecule has 1 unspecified atom stereocenters. The number of ether oxygens (including phenoxy) is 1. The van der Waals surface area contributed by atoms with E-state index in [4.69, 9.17) is 4.74 Å². The molecule has 0 aliphatic carbocycles. The summed E-state index contributed by atoms with van der Waals surface area (Å²) in [4.78, 5) is 4.32. The molecule has 120 valence electrons. The highest BCUT2D eigenvalue weighted by molar-refractivity contribution is 5.83. The molecule has 0 aliphatic rings. The Labute approximate surface area is 136 Å². The summed E-state index contributed by atoms with van der Waals surface area (Å²) in [7, 11) is 0. The van der Waals surface area contributed by atoms with Gasteiger partial charge in [0.1, 0.15) is 24.3 Å². The van der Waals surface area contributed by atoms with Gasteiger partial charge < -0.3 is 14.4 Å². The molecule has 3 rings (SSSR count). The number of aliphatic hydroxyl groups is 1. The van der Waals surface area contributed by atoms with Crippen LogP contribution < -0.4 is 4.74 Å². The third-order valence-corrected chi connectivity index (χ3v) is 3.85. The first-order chi connectivity index (χ1) is 11.3. The van der Waals surface area contributed by atoms with E-state index in [1.807, 2.05) is 41.1 Å². The third kappa shape index (κ3) is 3.90. The molecule has 0 saturated heterocycles. The summed E-state index contributed by atoms with van der Waals surface area (Å²) in [6, 6.07) is 14.1. The Morgan fingerprint density at radius 2 is 2.00 bits per heavy atom. The second-order valence-electron chi connectivity index (χ2n) is 5.72. The largest absolute Gasteiger partial charge is 0.491 e. The maximum Gasteiger partial charge on any atom is 0.120 e. The van der Waals surface area contributed by atoms with Crippen molar-refractivity contribution in [3.8, 4) is 5.75 Å². The number of hydrogen-bond donors (Lipinski definition) is 1. The van der Waals surface area contributed by atoms with Crippen molar-refractivity contribution in [3.63, 3.8) is 0 Å². The number of aryl methyl sites for hydroxylation is 1. The Bertz CT molecular complexity index is 767. The van der Waals surface area contributed by atoms with Crippen molar-refractivity contribution in [1.29, 1.82) is 0 Å². The fourth-order valence-corrected chi connectivity index (χ4v) is 2.69. The van der Waals surface area contributed by atoms with Gasteiger partial charge in [-0.1, -0.05) is 37.3 Å². The Balaban J connectivity index is 1.59. The zero-order valence-corrected chi connectivity index (χ0v) is 13.4. The van der Waals surface area contributed by atoms with Gasteiger partial charge in [-0.2, -0.15) is 0 Å². The lowest BCUT2D eigenvalue weighted by molar-refractivity contribution is 0.0918. The van der Waals surface area contributed by atoms with Gasteiger partial charge in [0, 0.05) is 18.8 Å². The topological polar surface area (TPSA) is 47.3 Å². The van der Waals surface area contributed by atoms with Gasteiger partial charge in [0.05, 0.1) is 6.54 Å². The lowest BCUT2D eigenvalue weighted by Crippen LogP contribution is -2.24. The van der Waals surface area contributed by atoms with Crippen LogP contribution in [0.5, 0.6) is 5.75 Å². The zero-order valence-electron chi connectivity index (χ0n) is 13.4. The van der Waals surface area contributed by atoms with Gasteiger partial charge in [-0.15, -0.1) is 0 Å². The van der Waals surface area contributed by atoms with Crippen molar-refractivity contribution in [3.05, 3.63) is 60.7 Å². The van der Waals surface area contributed by atoms with E-state index in [1.54, 1.807) is 6.20 Å². The van der Waals surface area contributed by atoms with Gasteiger partial charge in [-0.3, -0.25) is 0 Å². The molecule has 0 saturated carbocycles. The summed E-state index contributed by atoms with van der Waals surface area (Å²) in [5.74, 6) is 1.79. The maximum absolute atomic E-state index is 10.2. The maximum atomic E-state index is 10.2. The molecular formula is C19H22N2O2. The van der Waals surface area contributed by atoms with Crippen molar-refractivity contribution >= 4 is 10.8 Å². The second-order valence-corrected chi connectivity index (χ2v) is 5.72. The van der Waals surface area contributed by atoms with E-state index in [9.17, 15) is 5.11 Å². The molecule has 1 N–H and O–H groups in total. The molecule has 1 heterocycles. The van der Waals surface area contributed by atoms with Crippen LogP contribution in [0.15, 0.2) is 54.9 Å². The van der Waals surface area contributed by atoms with Gasteiger partial charge >= 0.3 is 0 Å². The van der Waals surface area contributed by atoms with E-state index >= 15 is 0 Å². The fourth-order valence-electron chi connectivity index (χ4n) is 2.69. The molecule has 0 amide bonds. The van der Waals surface area contributed by atoms with Crippen molar-refractivity contribution in [1.82, 2.24) is 9.55 Å². The molecule has 0 aliphatic heterocycles. The molecule has 0 fully saturated rings. The smallest absolute Gasteiger partial charge is 0.120 e. The third-order valence-electron chi connectivity index (χ3n) is 3.85. The molecule has 3 aromatic rings. The number of aliphatic hydroxyl groups excluding tert-OH is 1. The van der Waals surface area contributed by atoms with E-state index in [2.05, 4.69) is 24.0 Å². The standard InChI is InChI=1S/C19H22N2O2/c1-2-5-19-20-10-11-21(19)13-17(22)14-23-18-9-8-15-6-3-4-7-16(15)12-18/h3-4,6-12,17,22H,2,5,13-14H2,1H3. The molecule has 1 aromatic heterocycles. The Morgan fingerprint density at radius 3 is 2.83 bits per heavy atom. The lowest BCUT2D eigenvalue weighted by atomic mass is 10.1. The highest BCUT2D eigenvalue weighted by atomic mass is 16.5. The summed E-state index contributed by atoms with van der Waals surface area (Å²) in [5.41, 5.74) is 0. The lowest BCUT2D eigenvalue weighted by Gasteiger charge is -2.15. The van der Waals surface area contributed by atoms with Gasteiger partial charge in [-0.25, -0.2) is 4.98 Å². The van der Waals surface area contributed by atoms with E-state index < -0.39 is 6.10 Å². The number of benzene rings is 2. The van der Waals surface area contributed by atoms with Crippen molar-refractivity contribution < 1.29 is 9.84 Å². The van der Waals surface area contributed by atoms with Crippen LogP contribution in [0.1, 0.15) is 19.2 Å². The van der Waals surface area contributed by atoms with Crippen LogP contribution in [-0.2, 0) is 13.0 Å². The number of imidazole rings is 1. The number of aromatic nitrogens is 2. The SMILES string of the molecule is CCCc1nccn1CC(O)COc1ccc2ccccc2c1. The van der Waals surface area contributed by atoms with E-state index in [1.165, 1.54) is 5.39 Å². The van der Waals surface area contributed by atoms with Crippen LogP contribution in [0.3, 0.4) is 0 Å². The van der Waals surface area contributed by atoms with Crippen molar-refractivity contribution in [2.75, 3.05) is 6.61 Å². The van der Waals surface area contributed by atoms with Crippen LogP contribution in [0.4, 0.5) is 0 Å². The molecule has 4 heteroatoms. The van der Waals surface area contributed by atoms with Crippen LogP contribution in [0.2, 0.25) is 0 Å². The molecule has 4 nitrogen and oxygen atoms in total. The minimum Gasteiger partial charge on any atom is -0.491 e. The summed E-state index contributed by atoms with van der Waals surface area (Å²) >= 11 is 0. The number of nitrogens with zero attached hydrogens (tertiary/aromatic N) is 2. The number of hydrogen-bond acceptors (Lipinski definition) is 3. The predicted molar refractivity (Wildman–Crippen MR) is 91.7 cm³/mol. The molecule has 0 radical (unpaired) electrons. The average Bonchev–Trinajstić information content (AvgIpc) is 3.00. The Hall–Kier alpha value is -2.33. The van der Waals surface area contributed by atoms with E-state index in [0.29, 0.717) is 6.54 Å². The Kier molecular flexibility index (Phi) is 4.93. The summed E-state index contributed by atoms with van der Waals surface area (Å²) in [6.07, 6.45) is 5.09. The minimum absolute atomic E-state index is 0.266. The van der Waals surface area contributed by atoms with E-state index in [0.717, 1.165) is 29.8 Å². The normalized spacial score (nSPS) is 12.4. The first-order valence-electron chi connectivity index (χ1n) is 8.06. The summed E-state index contributed by atoms with van der Waals surface area (Å²) in [6.45, 7) is 2.89. The Morgan fingerprint density at radius 1 is 1.17 bits per heavy atom. The molecular weight excluding hydrogens is 288 g/mol. The first kappa shape index (κ1) is 15.6.